The molecule has 1 aliphatic heterocycles. The van der Waals surface area contributed by atoms with Crippen molar-refractivity contribution >= 4 is 28.9 Å². The minimum absolute atomic E-state index is 0.0172. The fourth-order valence-electron chi connectivity index (χ4n) is 2.77. The maximum Gasteiger partial charge on any atom is 0.275 e. The van der Waals surface area contributed by atoms with Crippen LogP contribution in [0.4, 0.5) is 15.8 Å². The van der Waals surface area contributed by atoms with Crippen molar-refractivity contribution in [1.29, 1.82) is 0 Å². The fraction of sp³-hybridized carbons (Fsp3) is 0.368. The first-order chi connectivity index (χ1) is 13.1. The second-order valence-electron chi connectivity index (χ2n) is 6.08. The molecule has 0 saturated carbocycles. The second kappa shape index (κ2) is 9.01. The zero-order valence-corrected chi connectivity index (χ0v) is 15.7. The monoisotopic (exact) mass is 393 g/mol. The van der Waals surface area contributed by atoms with Crippen LogP contribution in [0.2, 0.25) is 5.02 Å². The highest BCUT2D eigenvalue weighted by molar-refractivity contribution is 6.34. The number of halogens is 2. The molecule has 2 N–H and O–H groups in total. The van der Waals surface area contributed by atoms with E-state index in [9.17, 15) is 9.18 Å². The second-order valence-corrected chi connectivity index (χ2v) is 6.48. The number of nitrogens with one attached hydrogen (secondary N) is 2. The first-order valence-corrected chi connectivity index (χ1v) is 9.20. The van der Waals surface area contributed by atoms with Gasteiger partial charge < -0.3 is 20.1 Å². The molecule has 0 aliphatic carbocycles. The van der Waals surface area contributed by atoms with Crippen LogP contribution in [0.3, 0.4) is 0 Å². The van der Waals surface area contributed by atoms with E-state index in [4.69, 9.17) is 21.1 Å². The number of anilines is 2. The van der Waals surface area contributed by atoms with Gasteiger partial charge in [-0.05, 0) is 44.0 Å². The van der Waals surface area contributed by atoms with Gasteiger partial charge in [0.15, 0.2) is 5.69 Å². The van der Waals surface area contributed by atoms with E-state index < -0.39 is 11.7 Å². The number of aromatic nitrogens is 1. The smallest absolute Gasteiger partial charge is 0.275 e. The molecule has 1 aliphatic rings. The highest BCUT2D eigenvalue weighted by atomic mass is 35.5. The lowest BCUT2D eigenvalue weighted by Crippen LogP contribution is -2.19. The van der Waals surface area contributed by atoms with Crippen LogP contribution < -0.4 is 15.4 Å². The standard InChI is InChI=1S/C19H21ClFN3O3/c1-2-26-17-8-6-14(20)18(24-17)19(25)23-12-5-7-16(15(21)10-12)22-11-13-4-3-9-27-13/h5-8,10,13,22H,2-4,9,11H2,1H3,(H,23,25)/t13-/m0/s1. The van der Waals surface area contributed by atoms with E-state index in [-0.39, 0.29) is 16.8 Å². The van der Waals surface area contributed by atoms with Crippen molar-refractivity contribution in [2.24, 2.45) is 0 Å². The van der Waals surface area contributed by atoms with Crippen LogP contribution in [-0.4, -0.2) is 36.8 Å². The number of ether oxygens (including phenoxy) is 2. The Kier molecular flexibility index (Phi) is 6.47. The van der Waals surface area contributed by atoms with Gasteiger partial charge in [0.05, 0.1) is 23.4 Å². The van der Waals surface area contributed by atoms with Crippen molar-refractivity contribution in [3.05, 3.63) is 46.9 Å². The topological polar surface area (TPSA) is 72.5 Å². The molecule has 1 amide bonds. The number of pyridine rings is 1. The van der Waals surface area contributed by atoms with E-state index in [0.29, 0.717) is 30.4 Å². The minimum Gasteiger partial charge on any atom is -0.478 e. The van der Waals surface area contributed by atoms with E-state index in [2.05, 4.69) is 15.6 Å². The quantitative estimate of drug-likeness (QED) is 0.740. The number of carbonyl (C=O) groups excluding carboxylic acids is 1. The Morgan fingerprint density at radius 3 is 2.96 bits per heavy atom. The van der Waals surface area contributed by atoms with Crippen molar-refractivity contribution in [3.63, 3.8) is 0 Å². The van der Waals surface area contributed by atoms with Crippen LogP contribution >= 0.6 is 11.6 Å². The van der Waals surface area contributed by atoms with Crippen LogP contribution in [0.1, 0.15) is 30.3 Å². The first-order valence-electron chi connectivity index (χ1n) is 8.82. The summed E-state index contributed by atoms with van der Waals surface area (Å²) in [4.78, 5) is 16.5. The molecular weight excluding hydrogens is 373 g/mol. The minimum atomic E-state index is -0.541. The van der Waals surface area contributed by atoms with Crippen molar-refractivity contribution in [2.45, 2.75) is 25.9 Å². The van der Waals surface area contributed by atoms with Crippen molar-refractivity contribution in [1.82, 2.24) is 4.98 Å². The van der Waals surface area contributed by atoms with E-state index in [1.807, 2.05) is 6.92 Å². The molecule has 0 unspecified atom stereocenters. The Hall–Kier alpha value is -2.38. The molecule has 3 rings (SSSR count). The van der Waals surface area contributed by atoms with Crippen LogP contribution in [0.25, 0.3) is 0 Å². The molecule has 2 heterocycles. The largest absolute Gasteiger partial charge is 0.478 e. The summed E-state index contributed by atoms with van der Waals surface area (Å²) in [6.45, 7) is 3.53. The van der Waals surface area contributed by atoms with Crippen molar-refractivity contribution in [3.8, 4) is 5.88 Å². The lowest BCUT2D eigenvalue weighted by molar-refractivity contribution is 0.102. The summed E-state index contributed by atoms with van der Waals surface area (Å²) in [6.07, 6.45) is 2.10. The summed E-state index contributed by atoms with van der Waals surface area (Å²) in [5.41, 5.74) is 0.682. The summed E-state index contributed by atoms with van der Waals surface area (Å²) < 4.78 is 25.1. The van der Waals surface area contributed by atoms with E-state index in [1.54, 1.807) is 18.2 Å². The molecule has 6 nitrogen and oxygen atoms in total. The Morgan fingerprint density at radius 2 is 2.26 bits per heavy atom. The van der Waals surface area contributed by atoms with Gasteiger partial charge in [0, 0.05) is 24.9 Å². The number of amides is 1. The molecule has 2 aromatic rings. The zero-order chi connectivity index (χ0) is 19.2. The third-order valence-electron chi connectivity index (χ3n) is 4.10. The summed E-state index contributed by atoms with van der Waals surface area (Å²) in [5.74, 6) is -0.708. The van der Waals surface area contributed by atoms with Crippen molar-refractivity contribution < 1.29 is 18.7 Å². The fourth-order valence-corrected chi connectivity index (χ4v) is 2.96. The normalized spacial score (nSPS) is 16.2. The molecule has 1 aromatic heterocycles. The van der Waals surface area contributed by atoms with E-state index in [1.165, 1.54) is 12.1 Å². The van der Waals surface area contributed by atoms with Gasteiger partial charge in [-0.1, -0.05) is 11.6 Å². The highest BCUT2D eigenvalue weighted by Gasteiger charge is 2.17. The Bertz CT molecular complexity index is 813. The number of carbonyl (C=O) groups is 1. The zero-order valence-electron chi connectivity index (χ0n) is 14.9. The summed E-state index contributed by atoms with van der Waals surface area (Å²) in [5, 5.41) is 5.82. The predicted molar refractivity (Wildman–Crippen MR) is 102 cm³/mol. The Morgan fingerprint density at radius 1 is 1.41 bits per heavy atom. The number of rotatable bonds is 7. The molecule has 8 heteroatoms. The highest BCUT2D eigenvalue weighted by Crippen LogP contribution is 2.23. The average Bonchev–Trinajstić information content (AvgIpc) is 3.16. The Labute approximate surface area is 162 Å². The molecule has 0 radical (unpaired) electrons. The number of hydrogen-bond acceptors (Lipinski definition) is 5. The molecular formula is C19H21ClFN3O3. The lowest BCUT2D eigenvalue weighted by atomic mass is 10.2. The van der Waals surface area contributed by atoms with Crippen molar-refractivity contribution in [2.75, 3.05) is 30.4 Å². The molecule has 27 heavy (non-hydrogen) atoms. The van der Waals surface area contributed by atoms with Gasteiger partial charge in [0.1, 0.15) is 5.82 Å². The van der Waals surface area contributed by atoms with Gasteiger partial charge in [0.25, 0.3) is 5.91 Å². The number of hydrogen-bond donors (Lipinski definition) is 2. The van der Waals surface area contributed by atoms with Crippen LogP contribution in [0.15, 0.2) is 30.3 Å². The maximum absolute atomic E-state index is 14.3. The van der Waals surface area contributed by atoms with Gasteiger partial charge >= 0.3 is 0 Å². The molecule has 1 aromatic carbocycles. The SMILES string of the molecule is CCOc1ccc(Cl)c(C(=O)Nc2ccc(NC[C@@H]3CCCO3)c(F)c2)n1. The van der Waals surface area contributed by atoms with Crippen LogP contribution in [0.5, 0.6) is 5.88 Å². The number of nitrogens with zero attached hydrogens (tertiary/aromatic N) is 1. The molecule has 1 fully saturated rings. The van der Waals surface area contributed by atoms with E-state index in [0.717, 1.165) is 19.4 Å². The molecule has 144 valence electrons. The molecule has 1 saturated heterocycles. The molecule has 0 spiro atoms. The average molecular weight is 394 g/mol. The summed E-state index contributed by atoms with van der Waals surface area (Å²) in [7, 11) is 0. The van der Waals surface area contributed by atoms with E-state index >= 15 is 0 Å². The van der Waals surface area contributed by atoms with Gasteiger partial charge in [-0.2, -0.15) is 0 Å². The van der Waals surface area contributed by atoms with Gasteiger partial charge in [-0.15, -0.1) is 0 Å². The summed E-state index contributed by atoms with van der Waals surface area (Å²) in [6, 6.07) is 7.55. The summed E-state index contributed by atoms with van der Waals surface area (Å²) >= 11 is 6.04. The van der Waals surface area contributed by atoms with Gasteiger partial charge in [0.2, 0.25) is 5.88 Å². The number of benzene rings is 1. The predicted octanol–water partition coefficient (Wildman–Crippen LogP) is 4.12. The lowest BCUT2D eigenvalue weighted by Gasteiger charge is -2.13. The first kappa shape index (κ1) is 19.4. The van der Waals surface area contributed by atoms with Crippen LogP contribution in [-0.2, 0) is 4.74 Å². The Balaban J connectivity index is 1.65. The molecule has 1 atom stereocenters. The van der Waals surface area contributed by atoms with Gasteiger partial charge in [-0.3, -0.25) is 4.79 Å². The molecule has 0 bridgehead atoms. The third-order valence-corrected chi connectivity index (χ3v) is 4.40. The third kappa shape index (κ3) is 5.08. The van der Waals surface area contributed by atoms with Crippen LogP contribution in [0, 0.1) is 5.82 Å². The van der Waals surface area contributed by atoms with Gasteiger partial charge in [-0.25, -0.2) is 9.37 Å². The maximum atomic E-state index is 14.3.